The van der Waals surface area contributed by atoms with Crippen molar-refractivity contribution in [2.75, 3.05) is 20.3 Å². The van der Waals surface area contributed by atoms with Gasteiger partial charge in [0.25, 0.3) is 0 Å². The lowest BCUT2D eigenvalue weighted by Crippen LogP contribution is -2.51. The molecular formula is C18H24FNO2. The number of carbonyl (C=O) groups excluding carboxylic acids is 1. The molecule has 0 spiro atoms. The lowest BCUT2D eigenvalue weighted by Gasteiger charge is -2.43. The molecule has 0 radical (unpaired) electrons. The Morgan fingerprint density at radius 3 is 2.77 bits per heavy atom. The van der Waals surface area contributed by atoms with E-state index in [0.29, 0.717) is 12.5 Å². The average Bonchev–Trinajstić information content (AvgIpc) is 2.84. The predicted molar refractivity (Wildman–Crippen MR) is 83.4 cm³/mol. The van der Waals surface area contributed by atoms with Gasteiger partial charge >= 0.3 is 5.97 Å². The van der Waals surface area contributed by atoms with E-state index in [1.165, 1.54) is 12.7 Å². The Morgan fingerprint density at radius 1 is 1.32 bits per heavy atom. The van der Waals surface area contributed by atoms with Crippen LogP contribution in [0.3, 0.4) is 0 Å². The molecule has 2 saturated heterocycles. The van der Waals surface area contributed by atoms with Gasteiger partial charge in [0.15, 0.2) is 0 Å². The zero-order chi connectivity index (χ0) is 15.5. The van der Waals surface area contributed by atoms with E-state index in [2.05, 4.69) is 17.0 Å². The third-order valence-electron chi connectivity index (χ3n) is 5.32. The van der Waals surface area contributed by atoms with E-state index >= 15 is 0 Å². The van der Waals surface area contributed by atoms with Gasteiger partial charge in [0, 0.05) is 24.5 Å². The van der Waals surface area contributed by atoms with Crippen molar-refractivity contribution in [3.8, 4) is 0 Å². The standard InChI is InChI=1S/C18H24FNO2/c1-22-18(21)17-15(13-6-3-2-4-7-13)12-14-8-9-16(17)20(14)11-5-10-19/h2-4,6-7,14-17H,5,8-12H2,1H3/t14?,15?,16?,17-/m1/s1. The molecule has 0 aromatic heterocycles. The number of halogens is 1. The van der Waals surface area contributed by atoms with E-state index in [4.69, 9.17) is 4.74 Å². The van der Waals surface area contributed by atoms with Gasteiger partial charge in [-0.2, -0.15) is 0 Å². The van der Waals surface area contributed by atoms with Gasteiger partial charge in [-0.15, -0.1) is 0 Å². The maximum absolute atomic E-state index is 12.6. The molecule has 1 aromatic rings. The van der Waals surface area contributed by atoms with E-state index in [0.717, 1.165) is 25.8 Å². The van der Waals surface area contributed by atoms with Crippen molar-refractivity contribution >= 4 is 5.97 Å². The average molecular weight is 305 g/mol. The molecule has 120 valence electrons. The van der Waals surface area contributed by atoms with E-state index < -0.39 is 0 Å². The van der Waals surface area contributed by atoms with E-state index in [-0.39, 0.29) is 30.5 Å². The van der Waals surface area contributed by atoms with Crippen molar-refractivity contribution in [1.82, 2.24) is 4.90 Å². The van der Waals surface area contributed by atoms with E-state index in [1.807, 2.05) is 18.2 Å². The fourth-order valence-corrected chi connectivity index (χ4v) is 4.40. The molecular weight excluding hydrogens is 281 g/mol. The second kappa shape index (κ2) is 6.78. The van der Waals surface area contributed by atoms with Crippen molar-refractivity contribution in [3.05, 3.63) is 35.9 Å². The number of ether oxygens (including phenoxy) is 1. The number of hydrogen-bond donors (Lipinski definition) is 0. The van der Waals surface area contributed by atoms with E-state index in [9.17, 15) is 9.18 Å². The molecule has 2 bridgehead atoms. The maximum atomic E-state index is 12.6. The molecule has 0 aliphatic carbocycles. The van der Waals surface area contributed by atoms with Crippen molar-refractivity contribution in [1.29, 1.82) is 0 Å². The van der Waals surface area contributed by atoms with E-state index in [1.54, 1.807) is 0 Å². The number of esters is 1. The predicted octanol–water partition coefficient (Wildman–Crippen LogP) is 3.16. The Labute approximate surface area is 131 Å². The lowest BCUT2D eigenvalue weighted by atomic mass is 9.76. The summed E-state index contributed by atoms with van der Waals surface area (Å²) in [5, 5.41) is 0. The molecule has 22 heavy (non-hydrogen) atoms. The van der Waals surface area contributed by atoms with Crippen LogP contribution in [0.2, 0.25) is 0 Å². The van der Waals surface area contributed by atoms with Gasteiger partial charge in [-0.1, -0.05) is 30.3 Å². The molecule has 3 unspecified atom stereocenters. The van der Waals surface area contributed by atoms with Gasteiger partial charge < -0.3 is 4.74 Å². The minimum absolute atomic E-state index is 0.121. The fourth-order valence-electron chi connectivity index (χ4n) is 4.40. The molecule has 0 N–H and O–H groups in total. The third kappa shape index (κ3) is 2.76. The second-order valence-corrected chi connectivity index (χ2v) is 6.38. The number of hydrogen-bond acceptors (Lipinski definition) is 3. The molecule has 3 nitrogen and oxygen atoms in total. The summed E-state index contributed by atoms with van der Waals surface area (Å²) in [6.45, 7) is 0.460. The van der Waals surface area contributed by atoms with Crippen LogP contribution in [0.5, 0.6) is 0 Å². The topological polar surface area (TPSA) is 29.5 Å². The number of carbonyl (C=O) groups is 1. The molecule has 2 heterocycles. The molecule has 2 aliphatic heterocycles. The molecule has 0 amide bonds. The van der Waals surface area contributed by atoms with Crippen LogP contribution in [0.1, 0.15) is 37.2 Å². The molecule has 2 fully saturated rings. The summed E-state index contributed by atoms with van der Waals surface area (Å²) in [5.41, 5.74) is 1.22. The SMILES string of the molecule is COC(=O)[C@@H]1C(c2ccccc2)CC2CCC1N2CCCF. The Kier molecular flexibility index (Phi) is 4.77. The zero-order valence-corrected chi connectivity index (χ0v) is 13.1. The van der Waals surface area contributed by atoms with Crippen LogP contribution in [-0.2, 0) is 9.53 Å². The first-order valence-electron chi connectivity index (χ1n) is 8.20. The van der Waals surface area contributed by atoms with Gasteiger partial charge in [-0.05, 0) is 31.2 Å². The number of nitrogens with zero attached hydrogens (tertiary/aromatic N) is 1. The highest BCUT2D eigenvalue weighted by Crippen LogP contribution is 2.47. The van der Waals surface area contributed by atoms with Crippen molar-refractivity contribution in [2.45, 2.75) is 43.7 Å². The summed E-state index contributed by atoms with van der Waals surface area (Å²) in [6.07, 6.45) is 3.64. The van der Waals surface area contributed by atoms with Crippen LogP contribution in [0.4, 0.5) is 4.39 Å². The van der Waals surface area contributed by atoms with Gasteiger partial charge in [-0.25, -0.2) is 0 Å². The third-order valence-corrected chi connectivity index (χ3v) is 5.32. The summed E-state index contributed by atoms with van der Waals surface area (Å²) in [6, 6.07) is 10.9. The number of benzene rings is 1. The highest BCUT2D eigenvalue weighted by molar-refractivity contribution is 5.75. The minimum Gasteiger partial charge on any atom is -0.469 e. The lowest BCUT2D eigenvalue weighted by molar-refractivity contribution is -0.150. The van der Waals surface area contributed by atoms with Gasteiger partial charge in [-0.3, -0.25) is 14.1 Å². The molecule has 0 saturated carbocycles. The normalized spacial score (nSPS) is 31.2. The summed E-state index contributed by atoms with van der Waals surface area (Å²) in [5.74, 6) is -0.0389. The van der Waals surface area contributed by atoms with Crippen LogP contribution in [0, 0.1) is 5.92 Å². The molecule has 3 rings (SSSR count). The number of fused-ring (bicyclic) bond motifs is 2. The molecule has 4 heteroatoms. The number of methoxy groups -OCH3 is 1. The summed E-state index contributed by atoms with van der Waals surface area (Å²) < 4.78 is 17.7. The second-order valence-electron chi connectivity index (χ2n) is 6.38. The summed E-state index contributed by atoms with van der Waals surface area (Å²) >= 11 is 0. The van der Waals surface area contributed by atoms with Crippen LogP contribution in [0.25, 0.3) is 0 Å². The van der Waals surface area contributed by atoms with Crippen molar-refractivity contribution in [3.63, 3.8) is 0 Å². The first-order valence-corrected chi connectivity index (χ1v) is 8.20. The van der Waals surface area contributed by atoms with Crippen LogP contribution < -0.4 is 0 Å². The largest absolute Gasteiger partial charge is 0.469 e. The smallest absolute Gasteiger partial charge is 0.310 e. The maximum Gasteiger partial charge on any atom is 0.310 e. The monoisotopic (exact) mass is 305 g/mol. The quantitative estimate of drug-likeness (QED) is 0.783. The molecule has 4 atom stereocenters. The molecule has 2 aliphatic rings. The Bertz CT molecular complexity index is 507. The van der Waals surface area contributed by atoms with Crippen LogP contribution >= 0.6 is 0 Å². The summed E-state index contributed by atoms with van der Waals surface area (Å²) in [4.78, 5) is 14.8. The first kappa shape index (κ1) is 15.5. The Morgan fingerprint density at radius 2 is 2.09 bits per heavy atom. The minimum atomic E-state index is -0.291. The van der Waals surface area contributed by atoms with Gasteiger partial charge in [0.2, 0.25) is 0 Å². The van der Waals surface area contributed by atoms with Crippen molar-refractivity contribution < 1.29 is 13.9 Å². The first-order chi connectivity index (χ1) is 10.8. The van der Waals surface area contributed by atoms with Gasteiger partial charge in [0.05, 0.1) is 19.7 Å². The van der Waals surface area contributed by atoms with Crippen molar-refractivity contribution in [2.24, 2.45) is 5.92 Å². The zero-order valence-electron chi connectivity index (χ0n) is 13.1. The number of alkyl halides is 1. The highest BCUT2D eigenvalue weighted by atomic mass is 19.1. The number of rotatable bonds is 5. The summed E-state index contributed by atoms with van der Waals surface area (Å²) in [7, 11) is 1.47. The van der Waals surface area contributed by atoms with Crippen LogP contribution in [-0.4, -0.2) is 43.3 Å². The molecule has 1 aromatic carbocycles. The van der Waals surface area contributed by atoms with Gasteiger partial charge in [0.1, 0.15) is 0 Å². The van der Waals surface area contributed by atoms with Crippen LogP contribution in [0.15, 0.2) is 30.3 Å². The Balaban J connectivity index is 1.88. The fraction of sp³-hybridized carbons (Fsp3) is 0.611. The number of piperidine rings is 1. The Hall–Kier alpha value is -1.42. The highest BCUT2D eigenvalue weighted by Gasteiger charge is 2.50.